The molecule has 2 aromatic rings. The van der Waals surface area contributed by atoms with E-state index >= 15 is 0 Å². The highest BCUT2D eigenvalue weighted by atomic mass is 19.2. The van der Waals surface area contributed by atoms with E-state index in [0.29, 0.717) is 32.7 Å². The SMILES string of the molecule is Cn1cc(N2CCC[C@H](N3CCN(C(=O)c4ccc(F)c(F)c4)CC3)C2=O)cn1. The number of carbonyl (C=O) groups excluding carboxylic acids is 2. The average Bonchev–Trinajstić information content (AvgIpc) is 3.16. The first-order chi connectivity index (χ1) is 13.9. The van der Waals surface area contributed by atoms with Crippen molar-refractivity contribution < 1.29 is 18.4 Å². The minimum Gasteiger partial charge on any atom is -0.336 e. The highest BCUT2D eigenvalue weighted by Crippen LogP contribution is 2.24. The molecule has 0 bridgehead atoms. The van der Waals surface area contributed by atoms with Gasteiger partial charge in [-0.15, -0.1) is 0 Å². The molecule has 2 amide bonds. The van der Waals surface area contributed by atoms with Gasteiger partial charge in [0, 0.05) is 51.5 Å². The number of benzene rings is 1. The number of carbonyl (C=O) groups is 2. The summed E-state index contributed by atoms with van der Waals surface area (Å²) in [5.74, 6) is -2.27. The van der Waals surface area contributed by atoms with Gasteiger partial charge in [-0.2, -0.15) is 5.10 Å². The fourth-order valence-electron chi connectivity index (χ4n) is 4.05. The third-order valence-corrected chi connectivity index (χ3v) is 5.62. The van der Waals surface area contributed by atoms with Gasteiger partial charge in [0.2, 0.25) is 5.91 Å². The number of aromatic nitrogens is 2. The number of halogens is 2. The van der Waals surface area contributed by atoms with Gasteiger partial charge in [-0.25, -0.2) is 8.78 Å². The average molecular weight is 403 g/mol. The van der Waals surface area contributed by atoms with Gasteiger partial charge in [-0.05, 0) is 31.0 Å². The van der Waals surface area contributed by atoms with E-state index in [4.69, 9.17) is 0 Å². The van der Waals surface area contributed by atoms with Gasteiger partial charge in [0.1, 0.15) is 0 Å². The lowest BCUT2D eigenvalue weighted by Crippen LogP contribution is -2.58. The third kappa shape index (κ3) is 3.87. The Labute approximate surface area is 167 Å². The van der Waals surface area contributed by atoms with Crippen LogP contribution in [0.1, 0.15) is 23.2 Å². The van der Waals surface area contributed by atoms with Crippen LogP contribution in [-0.2, 0) is 11.8 Å². The van der Waals surface area contributed by atoms with Crippen molar-refractivity contribution in [3.8, 4) is 0 Å². The van der Waals surface area contributed by atoms with Gasteiger partial charge in [0.25, 0.3) is 5.91 Å². The molecule has 0 unspecified atom stereocenters. The molecule has 2 saturated heterocycles. The number of piperidine rings is 1. The largest absolute Gasteiger partial charge is 0.336 e. The Bertz CT molecular complexity index is 923. The Morgan fingerprint density at radius 2 is 1.86 bits per heavy atom. The number of piperazine rings is 1. The Hall–Kier alpha value is -2.81. The number of hydrogen-bond acceptors (Lipinski definition) is 4. The van der Waals surface area contributed by atoms with Crippen molar-refractivity contribution in [2.45, 2.75) is 18.9 Å². The van der Waals surface area contributed by atoms with Gasteiger partial charge in [0.15, 0.2) is 11.6 Å². The zero-order chi connectivity index (χ0) is 20.5. The second-order valence-corrected chi connectivity index (χ2v) is 7.48. The highest BCUT2D eigenvalue weighted by Gasteiger charge is 2.36. The summed E-state index contributed by atoms with van der Waals surface area (Å²) in [6, 6.07) is 2.97. The molecule has 7 nitrogen and oxygen atoms in total. The summed E-state index contributed by atoms with van der Waals surface area (Å²) in [6.45, 7) is 2.68. The molecule has 1 aromatic heterocycles. The van der Waals surface area contributed by atoms with Crippen LogP contribution in [0, 0.1) is 11.6 Å². The molecule has 29 heavy (non-hydrogen) atoms. The zero-order valence-corrected chi connectivity index (χ0v) is 16.2. The number of aryl methyl sites for hydroxylation is 1. The maximum Gasteiger partial charge on any atom is 0.254 e. The first-order valence-corrected chi connectivity index (χ1v) is 9.72. The first kappa shape index (κ1) is 19.5. The van der Waals surface area contributed by atoms with Crippen LogP contribution < -0.4 is 4.90 Å². The molecule has 154 valence electrons. The van der Waals surface area contributed by atoms with Crippen molar-refractivity contribution in [1.29, 1.82) is 0 Å². The van der Waals surface area contributed by atoms with Crippen LogP contribution in [0.25, 0.3) is 0 Å². The molecule has 0 aliphatic carbocycles. The number of anilines is 1. The second kappa shape index (κ2) is 7.90. The van der Waals surface area contributed by atoms with Crippen LogP contribution in [0.3, 0.4) is 0 Å². The Morgan fingerprint density at radius 3 is 2.52 bits per heavy atom. The predicted octanol–water partition coefficient (Wildman–Crippen LogP) is 1.65. The number of rotatable bonds is 3. The van der Waals surface area contributed by atoms with Crippen molar-refractivity contribution in [2.75, 3.05) is 37.6 Å². The molecule has 4 rings (SSSR count). The monoisotopic (exact) mass is 403 g/mol. The van der Waals surface area contributed by atoms with E-state index in [2.05, 4.69) is 10.00 Å². The summed E-state index contributed by atoms with van der Waals surface area (Å²) in [6.07, 6.45) is 5.21. The summed E-state index contributed by atoms with van der Waals surface area (Å²) < 4.78 is 28.2. The van der Waals surface area contributed by atoms with E-state index in [1.807, 2.05) is 13.2 Å². The number of amides is 2. The molecule has 2 aliphatic rings. The molecule has 0 spiro atoms. The molecule has 0 radical (unpaired) electrons. The number of hydrogen-bond donors (Lipinski definition) is 0. The molecular formula is C20H23F2N5O2. The van der Waals surface area contributed by atoms with E-state index in [-0.39, 0.29) is 23.4 Å². The van der Waals surface area contributed by atoms with Gasteiger partial charge in [-0.3, -0.25) is 19.2 Å². The minimum absolute atomic E-state index is 0.0598. The molecule has 3 heterocycles. The Morgan fingerprint density at radius 1 is 1.10 bits per heavy atom. The van der Waals surface area contributed by atoms with Crippen LogP contribution in [0.15, 0.2) is 30.6 Å². The lowest BCUT2D eigenvalue weighted by molar-refractivity contribution is -0.126. The summed E-state index contributed by atoms with van der Waals surface area (Å²) in [4.78, 5) is 31.1. The maximum atomic E-state index is 13.4. The topological polar surface area (TPSA) is 61.7 Å². The third-order valence-electron chi connectivity index (χ3n) is 5.62. The fourth-order valence-corrected chi connectivity index (χ4v) is 4.05. The van der Waals surface area contributed by atoms with Gasteiger partial charge >= 0.3 is 0 Å². The molecule has 0 saturated carbocycles. The van der Waals surface area contributed by atoms with Gasteiger partial charge in [-0.1, -0.05) is 0 Å². The predicted molar refractivity (Wildman–Crippen MR) is 102 cm³/mol. The van der Waals surface area contributed by atoms with Crippen LogP contribution in [-0.4, -0.2) is 70.2 Å². The van der Waals surface area contributed by atoms with E-state index in [1.54, 1.807) is 20.7 Å². The van der Waals surface area contributed by atoms with Gasteiger partial charge in [0.05, 0.1) is 17.9 Å². The summed E-state index contributed by atoms with van der Waals surface area (Å²) >= 11 is 0. The second-order valence-electron chi connectivity index (χ2n) is 7.48. The zero-order valence-electron chi connectivity index (χ0n) is 16.2. The van der Waals surface area contributed by atoms with Crippen molar-refractivity contribution in [2.24, 2.45) is 7.05 Å². The van der Waals surface area contributed by atoms with Crippen molar-refractivity contribution in [3.05, 3.63) is 47.8 Å². The van der Waals surface area contributed by atoms with Crippen LogP contribution in [0.5, 0.6) is 0 Å². The van der Waals surface area contributed by atoms with E-state index < -0.39 is 11.6 Å². The highest BCUT2D eigenvalue weighted by molar-refractivity contribution is 5.98. The van der Waals surface area contributed by atoms with E-state index in [9.17, 15) is 18.4 Å². The van der Waals surface area contributed by atoms with Crippen molar-refractivity contribution in [3.63, 3.8) is 0 Å². The summed E-state index contributed by atoms with van der Waals surface area (Å²) in [5.41, 5.74) is 0.934. The minimum atomic E-state index is -1.03. The van der Waals surface area contributed by atoms with Crippen molar-refractivity contribution >= 4 is 17.5 Å². The summed E-state index contributed by atoms with van der Waals surface area (Å²) in [5, 5.41) is 4.15. The first-order valence-electron chi connectivity index (χ1n) is 9.72. The standard InChI is InChI=1S/C20H23F2N5O2/c1-24-13-15(12-23-24)27-6-2-3-18(20(27)29)25-7-9-26(10-8-25)19(28)14-4-5-16(21)17(22)11-14/h4-5,11-13,18H,2-3,6-10H2,1H3/t18-/m0/s1. The summed E-state index contributed by atoms with van der Waals surface area (Å²) in [7, 11) is 1.82. The molecule has 2 fully saturated rings. The van der Waals surface area contributed by atoms with Gasteiger partial charge < -0.3 is 9.80 Å². The fraction of sp³-hybridized carbons (Fsp3) is 0.450. The maximum absolute atomic E-state index is 13.4. The van der Waals surface area contributed by atoms with Crippen LogP contribution in [0.4, 0.5) is 14.5 Å². The Balaban J connectivity index is 1.39. The Kier molecular flexibility index (Phi) is 5.31. The quantitative estimate of drug-likeness (QED) is 0.782. The smallest absolute Gasteiger partial charge is 0.254 e. The normalized spacial score (nSPS) is 20.9. The molecule has 2 aliphatic heterocycles. The molecule has 1 atom stereocenters. The lowest BCUT2D eigenvalue weighted by atomic mass is 10.0. The molecule has 9 heteroatoms. The lowest BCUT2D eigenvalue weighted by Gasteiger charge is -2.42. The molecule has 1 aromatic carbocycles. The molecule has 0 N–H and O–H groups in total. The van der Waals surface area contributed by atoms with E-state index in [1.165, 1.54) is 6.07 Å². The van der Waals surface area contributed by atoms with Crippen LogP contribution in [0.2, 0.25) is 0 Å². The van der Waals surface area contributed by atoms with E-state index in [0.717, 1.165) is 30.7 Å². The molecular weight excluding hydrogens is 380 g/mol. The van der Waals surface area contributed by atoms with Crippen LogP contribution >= 0.6 is 0 Å². The van der Waals surface area contributed by atoms with Crippen molar-refractivity contribution in [1.82, 2.24) is 19.6 Å². The number of nitrogens with zero attached hydrogens (tertiary/aromatic N) is 5.